The Bertz CT molecular complexity index is 523. The van der Waals surface area contributed by atoms with Crippen LogP contribution in [0.25, 0.3) is 5.57 Å². The fraction of sp³-hybridized carbons (Fsp3) is 0.556. The zero-order valence-corrected chi connectivity index (χ0v) is 13.5. The second-order valence-corrected chi connectivity index (χ2v) is 6.26. The molecule has 2 atom stereocenters. The van der Waals surface area contributed by atoms with Gasteiger partial charge in [0.2, 0.25) is 5.79 Å². The fourth-order valence-corrected chi connectivity index (χ4v) is 2.93. The third-order valence-corrected chi connectivity index (χ3v) is 4.39. The number of hydrogen-bond donors (Lipinski definition) is 1. The van der Waals surface area contributed by atoms with Crippen LogP contribution in [0.2, 0.25) is 0 Å². The maximum Gasteiger partial charge on any atom is 0.201 e. The van der Waals surface area contributed by atoms with E-state index in [2.05, 4.69) is 6.58 Å². The lowest BCUT2D eigenvalue weighted by atomic mass is 10.0. The van der Waals surface area contributed by atoms with Gasteiger partial charge in [-0.2, -0.15) is 0 Å². The van der Waals surface area contributed by atoms with E-state index in [9.17, 15) is 0 Å². The number of ether oxygens (including phenoxy) is 2. The van der Waals surface area contributed by atoms with Crippen LogP contribution in [-0.2, 0) is 14.5 Å². The molecule has 126 valence electrons. The molecule has 5 nitrogen and oxygen atoms in total. The molecule has 2 fully saturated rings. The first-order valence-corrected chi connectivity index (χ1v) is 8.17. The normalized spacial score (nSPS) is 24.5. The Labute approximate surface area is 136 Å². The summed E-state index contributed by atoms with van der Waals surface area (Å²) in [5, 5.41) is 9.01. The van der Waals surface area contributed by atoms with E-state index in [4.69, 9.17) is 24.4 Å². The van der Waals surface area contributed by atoms with Crippen molar-refractivity contribution in [2.75, 3.05) is 13.2 Å². The summed E-state index contributed by atoms with van der Waals surface area (Å²) >= 11 is 0. The Hall–Kier alpha value is -1.40. The summed E-state index contributed by atoms with van der Waals surface area (Å²) in [6.45, 7) is 6.36. The lowest BCUT2D eigenvalue weighted by Gasteiger charge is -2.36. The van der Waals surface area contributed by atoms with Crippen molar-refractivity contribution in [2.45, 2.75) is 50.6 Å². The summed E-state index contributed by atoms with van der Waals surface area (Å²) in [7, 11) is 0. The molecule has 1 spiro atoms. The van der Waals surface area contributed by atoms with Crippen molar-refractivity contribution in [1.82, 2.24) is 0 Å². The first-order chi connectivity index (χ1) is 11.1. The van der Waals surface area contributed by atoms with E-state index in [0.29, 0.717) is 12.4 Å². The number of benzene rings is 1. The monoisotopic (exact) mass is 320 g/mol. The van der Waals surface area contributed by atoms with Crippen LogP contribution in [0.5, 0.6) is 5.75 Å². The molecule has 23 heavy (non-hydrogen) atoms. The molecule has 3 rings (SSSR count). The number of rotatable bonds is 5. The van der Waals surface area contributed by atoms with Crippen LogP contribution in [0.3, 0.4) is 0 Å². The molecular weight excluding hydrogens is 296 g/mol. The highest BCUT2D eigenvalue weighted by Gasteiger charge is 2.42. The molecule has 2 aliphatic rings. The SMILES string of the molecule is C=C(c1ccc(OC(C)CO)cc1)C1COC2(CCCC2)OO1. The second kappa shape index (κ2) is 7.01. The summed E-state index contributed by atoms with van der Waals surface area (Å²) in [5.41, 5.74) is 1.77. The smallest absolute Gasteiger partial charge is 0.201 e. The summed E-state index contributed by atoms with van der Waals surface area (Å²) in [6, 6.07) is 7.56. The van der Waals surface area contributed by atoms with Crippen LogP contribution in [0.4, 0.5) is 0 Å². The zero-order valence-electron chi connectivity index (χ0n) is 13.5. The Kier molecular flexibility index (Phi) is 5.02. The van der Waals surface area contributed by atoms with Crippen molar-refractivity contribution in [2.24, 2.45) is 0 Å². The van der Waals surface area contributed by atoms with E-state index in [1.165, 1.54) is 0 Å². The van der Waals surface area contributed by atoms with E-state index in [1.807, 2.05) is 31.2 Å². The molecule has 0 radical (unpaired) electrons. The Morgan fingerprint density at radius 1 is 1.35 bits per heavy atom. The Balaban J connectivity index is 1.58. The van der Waals surface area contributed by atoms with E-state index in [0.717, 1.165) is 36.8 Å². The van der Waals surface area contributed by atoms with Gasteiger partial charge in [-0.25, -0.2) is 9.78 Å². The minimum atomic E-state index is -0.533. The third kappa shape index (κ3) is 3.75. The molecule has 1 saturated heterocycles. The van der Waals surface area contributed by atoms with Crippen LogP contribution >= 0.6 is 0 Å². The largest absolute Gasteiger partial charge is 0.488 e. The van der Waals surface area contributed by atoms with Crippen molar-refractivity contribution in [3.63, 3.8) is 0 Å². The van der Waals surface area contributed by atoms with Crippen molar-refractivity contribution in [1.29, 1.82) is 0 Å². The lowest BCUT2D eigenvalue weighted by Crippen LogP contribution is -2.43. The van der Waals surface area contributed by atoms with Gasteiger partial charge < -0.3 is 14.6 Å². The van der Waals surface area contributed by atoms with Gasteiger partial charge in [-0.1, -0.05) is 18.7 Å². The molecule has 1 saturated carbocycles. The number of aliphatic hydroxyl groups excluding tert-OH is 1. The summed E-state index contributed by atoms with van der Waals surface area (Å²) in [6.07, 6.45) is 3.48. The standard InChI is InChI=1S/C18H24O5/c1-13(11-19)21-16-7-5-15(6-8-16)14(2)17-12-20-18(23-22-17)9-3-4-10-18/h5-8,13,17,19H,2-4,9-12H2,1H3. The molecule has 1 N–H and O–H groups in total. The average molecular weight is 320 g/mol. The number of aliphatic hydroxyl groups is 1. The lowest BCUT2D eigenvalue weighted by molar-refractivity contribution is -0.475. The predicted molar refractivity (Wildman–Crippen MR) is 85.8 cm³/mol. The second-order valence-electron chi connectivity index (χ2n) is 6.26. The molecule has 2 unspecified atom stereocenters. The minimum Gasteiger partial charge on any atom is -0.488 e. The average Bonchev–Trinajstić information content (AvgIpc) is 3.03. The first-order valence-electron chi connectivity index (χ1n) is 8.17. The van der Waals surface area contributed by atoms with Gasteiger partial charge in [-0.15, -0.1) is 0 Å². The van der Waals surface area contributed by atoms with Gasteiger partial charge in [0.1, 0.15) is 18.0 Å². The minimum absolute atomic E-state index is 0.0131. The molecular formula is C18H24O5. The highest BCUT2D eigenvalue weighted by atomic mass is 17.2. The molecule has 1 aliphatic carbocycles. The van der Waals surface area contributed by atoms with Crippen LogP contribution in [0.15, 0.2) is 30.8 Å². The molecule has 0 aromatic heterocycles. The molecule has 1 heterocycles. The Morgan fingerprint density at radius 3 is 2.61 bits per heavy atom. The molecule has 1 aromatic rings. The molecule has 0 bridgehead atoms. The van der Waals surface area contributed by atoms with Crippen LogP contribution < -0.4 is 4.74 Å². The van der Waals surface area contributed by atoms with Crippen molar-refractivity contribution in [3.8, 4) is 5.75 Å². The van der Waals surface area contributed by atoms with Gasteiger partial charge in [0.15, 0.2) is 0 Å². The van der Waals surface area contributed by atoms with E-state index in [1.54, 1.807) is 0 Å². The van der Waals surface area contributed by atoms with Crippen molar-refractivity contribution < 1.29 is 24.4 Å². The van der Waals surface area contributed by atoms with Gasteiger partial charge in [0.05, 0.1) is 13.2 Å². The highest BCUT2D eigenvalue weighted by Crippen LogP contribution is 2.39. The Morgan fingerprint density at radius 2 is 2.04 bits per heavy atom. The fourth-order valence-electron chi connectivity index (χ4n) is 2.93. The predicted octanol–water partition coefficient (Wildman–Crippen LogP) is 3.08. The van der Waals surface area contributed by atoms with Crippen molar-refractivity contribution in [3.05, 3.63) is 36.4 Å². The van der Waals surface area contributed by atoms with Gasteiger partial charge in [0.25, 0.3) is 0 Å². The van der Waals surface area contributed by atoms with Crippen LogP contribution in [0, 0.1) is 0 Å². The summed E-state index contributed by atoms with van der Waals surface area (Å²) in [4.78, 5) is 11.1. The van der Waals surface area contributed by atoms with Gasteiger partial charge >= 0.3 is 0 Å². The first kappa shape index (κ1) is 16.5. The summed E-state index contributed by atoms with van der Waals surface area (Å²) in [5.74, 6) is 0.180. The van der Waals surface area contributed by atoms with Crippen LogP contribution in [0.1, 0.15) is 38.2 Å². The van der Waals surface area contributed by atoms with Crippen LogP contribution in [-0.4, -0.2) is 36.3 Å². The highest BCUT2D eigenvalue weighted by molar-refractivity contribution is 5.67. The third-order valence-electron chi connectivity index (χ3n) is 4.39. The quantitative estimate of drug-likeness (QED) is 0.845. The topological polar surface area (TPSA) is 57.2 Å². The van der Waals surface area contributed by atoms with E-state index in [-0.39, 0.29) is 18.8 Å². The van der Waals surface area contributed by atoms with Gasteiger partial charge in [-0.05, 0) is 43.0 Å². The maximum atomic E-state index is 9.01. The van der Waals surface area contributed by atoms with Crippen molar-refractivity contribution >= 4 is 5.57 Å². The van der Waals surface area contributed by atoms with Gasteiger partial charge in [0, 0.05) is 12.8 Å². The number of hydrogen-bond acceptors (Lipinski definition) is 5. The van der Waals surface area contributed by atoms with Gasteiger partial charge in [-0.3, -0.25) is 0 Å². The molecule has 1 aromatic carbocycles. The zero-order chi connectivity index (χ0) is 16.3. The van der Waals surface area contributed by atoms with E-state index >= 15 is 0 Å². The molecule has 1 aliphatic heterocycles. The summed E-state index contributed by atoms with van der Waals surface area (Å²) < 4.78 is 11.5. The molecule has 5 heteroatoms. The van der Waals surface area contributed by atoms with E-state index < -0.39 is 5.79 Å². The maximum absolute atomic E-state index is 9.01. The molecule has 0 amide bonds.